The first-order valence-corrected chi connectivity index (χ1v) is 14.0. The molecule has 2 aliphatic heterocycles. The van der Waals surface area contributed by atoms with E-state index in [1.807, 2.05) is 48.5 Å². The van der Waals surface area contributed by atoms with Crippen LogP contribution >= 0.6 is 0 Å². The third-order valence-electron chi connectivity index (χ3n) is 7.82. The van der Waals surface area contributed by atoms with E-state index in [9.17, 15) is 9.59 Å². The second kappa shape index (κ2) is 13.1. The van der Waals surface area contributed by atoms with Crippen LogP contribution in [0.5, 0.6) is 0 Å². The number of carbonyl (C=O) groups excluding carboxylic acids is 2. The third kappa shape index (κ3) is 7.07. The molecule has 3 aromatic rings. The fraction of sp³-hybridized carbons (Fsp3) is 0.375. The summed E-state index contributed by atoms with van der Waals surface area (Å²) in [7, 11) is 1.67. The molecule has 210 valence electrons. The lowest BCUT2D eigenvalue weighted by atomic mass is 9.93. The Hall–Kier alpha value is -3.72. The van der Waals surface area contributed by atoms with Crippen LogP contribution in [0.2, 0.25) is 0 Å². The van der Waals surface area contributed by atoms with Crippen molar-refractivity contribution in [2.75, 3.05) is 51.3 Å². The number of amides is 2. The van der Waals surface area contributed by atoms with Crippen LogP contribution in [0.25, 0.3) is 0 Å². The first-order valence-electron chi connectivity index (χ1n) is 14.0. The normalized spacial score (nSPS) is 17.3. The molecule has 0 radical (unpaired) electrons. The number of hydroxylamine groups is 2. The largest absolute Gasteiger partial charge is 0.373 e. The van der Waals surface area contributed by atoms with Crippen LogP contribution in [-0.4, -0.2) is 68.2 Å². The number of hydrogen-bond acceptors (Lipinski definition) is 6. The fourth-order valence-electron chi connectivity index (χ4n) is 5.41. The van der Waals surface area contributed by atoms with Crippen LogP contribution in [0.15, 0.2) is 72.8 Å². The zero-order chi connectivity index (χ0) is 27.9. The Kier molecular flexibility index (Phi) is 9.11. The summed E-state index contributed by atoms with van der Waals surface area (Å²) in [5.41, 5.74) is 11.6. The number of hydrogen-bond donors (Lipinski definition) is 1. The quantitative estimate of drug-likeness (QED) is 0.393. The first kappa shape index (κ1) is 27.8. The Morgan fingerprint density at radius 2 is 1.73 bits per heavy atom. The van der Waals surface area contributed by atoms with Crippen molar-refractivity contribution in [1.82, 2.24) is 9.96 Å². The van der Waals surface area contributed by atoms with Crippen molar-refractivity contribution < 1.29 is 19.2 Å². The number of primary amides is 1. The predicted molar refractivity (Wildman–Crippen MR) is 155 cm³/mol. The van der Waals surface area contributed by atoms with Crippen LogP contribution in [-0.2, 0) is 33.8 Å². The van der Waals surface area contributed by atoms with E-state index in [0.717, 1.165) is 62.4 Å². The van der Waals surface area contributed by atoms with Crippen molar-refractivity contribution >= 4 is 17.5 Å². The highest BCUT2D eigenvalue weighted by atomic mass is 16.7. The molecule has 2 N–H and O–H groups in total. The van der Waals surface area contributed by atoms with Gasteiger partial charge in [-0.25, -0.2) is 5.06 Å². The summed E-state index contributed by atoms with van der Waals surface area (Å²) in [5.74, 6) is -0.466. The molecule has 2 amide bonds. The highest BCUT2D eigenvalue weighted by Gasteiger charge is 2.24. The number of benzene rings is 3. The molecule has 0 aliphatic carbocycles. The smallest absolute Gasteiger partial charge is 0.250 e. The van der Waals surface area contributed by atoms with E-state index >= 15 is 0 Å². The molecule has 1 atom stereocenters. The van der Waals surface area contributed by atoms with E-state index in [-0.39, 0.29) is 12.0 Å². The molecule has 0 bridgehead atoms. The monoisotopic (exact) mass is 542 g/mol. The van der Waals surface area contributed by atoms with Crippen molar-refractivity contribution in [3.8, 4) is 0 Å². The molecule has 0 spiro atoms. The van der Waals surface area contributed by atoms with Gasteiger partial charge in [0.25, 0.3) is 0 Å². The van der Waals surface area contributed by atoms with Crippen molar-refractivity contribution in [3.63, 3.8) is 0 Å². The van der Waals surface area contributed by atoms with Crippen molar-refractivity contribution in [2.45, 2.75) is 32.0 Å². The molecule has 5 rings (SSSR count). The molecule has 1 fully saturated rings. The molecule has 2 aliphatic rings. The van der Waals surface area contributed by atoms with Crippen LogP contribution in [0.3, 0.4) is 0 Å². The van der Waals surface area contributed by atoms with E-state index in [1.54, 1.807) is 19.2 Å². The molecular weight excluding hydrogens is 504 g/mol. The van der Waals surface area contributed by atoms with Gasteiger partial charge in [0, 0.05) is 51.0 Å². The van der Waals surface area contributed by atoms with Crippen molar-refractivity contribution in [2.24, 2.45) is 5.73 Å². The summed E-state index contributed by atoms with van der Waals surface area (Å²) < 4.78 is 6.18. The lowest BCUT2D eigenvalue weighted by Gasteiger charge is -2.37. The number of carbonyl (C=O) groups is 2. The maximum Gasteiger partial charge on any atom is 0.250 e. The Bertz CT molecular complexity index is 1290. The van der Waals surface area contributed by atoms with Crippen LogP contribution in [0, 0.1) is 0 Å². The third-order valence-corrected chi connectivity index (χ3v) is 7.82. The summed E-state index contributed by atoms with van der Waals surface area (Å²) in [6.07, 6.45) is 2.18. The Morgan fingerprint density at radius 1 is 0.975 bits per heavy atom. The number of ether oxygens (including phenoxy) is 1. The molecule has 0 aromatic heterocycles. The number of anilines is 1. The molecular formula is C32H38N4O4. The average molecular weight is 543 g/mol. The molecule has 0 saturated carbocycles. The van der Waals surface area contributed by atoms with Gasteiger partial charge in [0.1, 0.15) is 6.61 Å². The van der Waals surface area contributed by atoms with Gasteiger partial charge >= 0.3 is 0 Å². The minimum atomic E-state index is -0.399. The Morgan fingerprint density at radius 3 is 2.45 bits per heavy atom. The van der Waals surface area contributed by atoms with Crippen LogP contribution < -0.4 is 10.6 Å². The standard InChI is InChI=1S/C32H38N4O4/c1-34(40-23-24-5-3-2-4-6-24)31(37)22-25-7-12-29-27(21-25)14-20-39-30(29)13-15-35-16-18-36(19-17-35)28-10-8-26(9-11-28)32(33)38/h2-12,21,30H,13-20,22-23H2,1H3,(H2,33,38)/t30-/m0/s1. The zero-order valence-corrected chi connectivity index (χ0v) is 23.1. The highest BCUT2D eigenvalue weighted by Crippen LogP contribution is 2.31. The van der Waals surface area contributed by atoms with E-state index in [2.05, 4.69) is 21.9 Å². The number of rotatable bonds is 10. The van der Waals surface area contributed by atoms with Gasteiger partial charge in [-0.3, -0.25) is 19.3 Å². The molecule has 40 heavy (non-hydrogen) atoms. The highest BCUT2D eigenvalue weighted by molar-refractivity contribution is 5.93. The molecule has 2 heterocycles. The molecule has 8 nitrogen and oxygen atoms in total. The maximum atomic E-state index is 12.7. The minimum absolute atomic E-state index is 0.0672. The minimum Gasteiger partial charge on any atom is -0.373 e. The van der Waals surface area contributed by atoms with Crippen LogP contribution in [0.4, 0.5) is 5.69 Å². The summed E-state index contributed by atoms with van der Waals surface area (Å²) in [6, 6.07) is 23.7. The van der Waals surface area contributed by atoms with Crippen molar-refractivity contribution in [3.05, 3.63) is 101 Å². The fourth-order valence-corrected chi connectivity index (χ4v) is 5.41. The van der Waals surface area contributed by atoms with E-state index in [4.69, 9.17) is 15.3 Å². The maximum absolute atomic E-state index is 12.7. The zero-order valence-electron chi connectivity index (χ0n) is 23.1. The molecule has 1 saturated heterocycles. The predicted octanol–water partition coefficient (Wildman–Crippen LogP) is 3.74. The van der Waals surface area contributed by atoms with Gasteiger partial charge in [-0.1, -0.05) is 48.5 Å². The summed E-state index contributed by atoms with van der Waals surface area (Å²) in [4.78, 5) is 34.6. The average Bonchev–Trinajstić information content (AvgIpc) is 2.99. The second-order valence-electron chi connectivity index (χ2n) is 10.5. The van der Waals surface area contributed by atoms with E-state index in [0.29, 0.717) is 25.2 Å². The van der Waals surface area contributed by atoms with Crippen LogP contribution in [0.1, 0.15) is 45.1 Å². The van der Waals surface area contributed by atoms with Crippen molar-refractivity contribution in [1.29, 1.82) is 0 Å². The molecule has 8 heteroatoms. The van der Waals surface area contributed by atoms with Gasteiger partial charge in [0.05, 0.1) is 19.1 Å². The Balaban J connectivity index is 1.09. The van der Waals surface area contributed by atoms with Gasteiger partial charge in [-0.05, 0) is 59.4 Å². The van der Waals surface area contributed by atoms with Gasteiger partial charge < -0.3 is 15.4 Å². The SMILES string of the molecule is CN(OCc1ccccc1)C(=O)Cc1ccc2c(c1)CCO[C@H]2CCN1CCN(c2ccc(C(N)=O)cc2)CC1. The number of piperazine rings is 1. The Labute approximate surface area is 236 Å². The second-order valence-corrected chi connectivity index (χ2v) is 10.5. The van der Waals surface area contributed by atoms with Gasteiger partial charge in [0.15, 0.2) is 0 Å². The van der Waals surface area contributed by atoms with Gasteiger partial charge in [0.2, 0.25) is 11.8 Å². The topological polar surface area (TPSA) is 88.3 Å². The number of likely N-dealkylation sites (N-methyl/N-ethyl adjacent to an activating group) is 1. The van der Waals surface area contributed by atoms with Gasteiger partial charge in [-0.15, -0.1) is 0 Å². The lowest BCUT2D eigenvalue weighted by molar-refractivity contribution is -0.181. The first-order chi connectivity index (χ1) is 19.5. The van der Waals surface area contributed by atoms with E-state index in [1.165, 1.54) is 16.2 Å². The number of nitrogens with two attached hydrogens (primary N) is 1. The molecule has 0 unspecified atom stereocenters. The van der Waals surface area contributed by atoms with Gasteiger partial charge in [-0.2, -0.15) is 0 Å². The summed E-state index contributed by atoms with van der Waals surface area (Å²) in [5, 5.41) is 1.34. The summed E-state index contributed by atoms with van der Waals surface area (Å²) in [6.45, 7) is 5.89. The summed E-state index contributed by atoms with van der Waals surface area (Å²) >= 11 is 0. The number of nitrogens with zero attached hydrogens (tertiary/aromatic N) is 3. The lowest BCUT2D eigenvalue weighted by Crippen LogP contribution is -2.47. The van der Waals surface area contributed by atoms with E-state index < -0.39 is 5.91 Å². The number of fused-ring (bicyclic) bond motifs is 1. The molecule has 3 aromatic carbocycles.